The molecule has 1 N–H and O–H groups in total. The van der Waals surface area contributed by atoms with Crippen LogP contribution in [0.25, 0.3) is 0 Å². The van der Waals surface area contributed by atoms with E-state index >= 15 is 0 Å². The molecule has 5 aliphatic carbocycles. The number of allylic oxidation sites excluding steroid dienone is 2. The van der Waals surface area contributed by atoms with Crippen LogP contribution in [0.5, 0.6) is 0 Å². The Morgan fingerprint density at radius 3 is 2.30 bits per heavy atom. The minimum absolute atomic E-state index is 0.0138. The van der Waals surface area contributed by atoms with E-state index in [1.165, 1.54) is 51.4 Å². The normalized spacial score (nSPS) is 51.4. The lowest BCUT2D eigenvalue weighted by Gasteiger charge is -2.61. The van der Waals surface area contributed by atoms with Gasteiger partial charge < -0.3 is 5.11 Å². The quantitative estimate of drug-likeness (QED) is 0.470. The zero-order valence-electron chi connectivity index (χ0n) is 20.7. The van der Waals surface area contributed by atoms with Gasteiger partial charge in [-0.05, 0) is 122 Å². The number of hydrogen-bond donors (Lipinski definition) is 1. The van der Waals surface area contributed by atoms with Crippen molar-refractivity contribution < 1.29 is 5.11 Å². The molecule has 0 spiro atoms. The molecule has 0 aromatic carbocycles. The first-order valence-corrected chi connectivity index (χ1v) is 13.6. The lowest BCUT2D eigenvalue weighted by Crippen LogP contribution is -2.54. The van der Waals surface area contributed by atoms with Gasteiger partial charge in [-0.2, -0.15) is 0 Å². The minimum atomic E-state index is -0.0138. The highest BCUT2D eigenvalue weighted by Crippen LogP contribution is 2.68. The van der Waals surface area contributed by atoms with Crippen molar-refractivity contribution in [2.45, 2.75) is 112 Å². The molecule has 4 fully saturated rings. The largest absolute Gasteiger partial charge is 0.393 e. The van der Waals surface area contributed by atoms with Gasteiger partial charge in [0.1, 0.15) is 0 Å². The number of fused-ring (bicyclic) bond motifs is 5. The Morgan fingerprint density at radius 1 is 0.900 bits per heavy atom. The molecule has 0 aromatic heterocycles. The van der Waals surface area contributed by atoms with Gasteiger partial charge in [-0.3, -0.25) is 0 Å². The average molecular weight is 413 g/mol. The van der Waals surface area contributed by atoms with Gasteiger partial charge in [0.2, 0.25) is 0 Å². The molecule has 4 saturated carbocycles. The molecule has 10 atom stereocenters. The van der Waals surface area contributed by atoms with Gasteiger partial charge in [0.05, 0.1) is 6.10 Å². The molecule has 5 rings (SSSR count). The zero-order chi connectivity index (χ0) is 21.4. The minimum Gasteiger partial charge on any atom is -0.393 e. The van der Waals surface area contributed by atoms with Crippen LogP contribution in [0.1, 0.15) is 106 Å². The highest BCUT2D eigenvalue weighted by Gasteiger charge is 2.60. The van der Waals surface area contributed by atoms with Gasteiger partial charge in [0, 0.05) is 0 Å². The van der Waals surface area contributed by atoms with Crippen molar-refractivity contribution in [1.82, 2.24) is 0 Å². The van der Waals surface area contributed by atoms with Crippen LogP contribution >= 0.6 is 0 Å². The van der Waals surface area contributed by atoms with Crippen molar-refractivity contribution >= 4 is 0 Å². The van der Waals surface area contributed by atoms with Crippen molar-refractivity contribution in [3.63, 3.8) is 0 Å². The van der Waals surface area contributed by atoms with Gasteiger partial charge in [0.15, 0.2) is 0 Å². The Kier molecular flexibility index (Phi) is 5.28. The summed E-state index contributed by atoms with van der Waals surface area (Å²) in [6.45, 7) is 15.2. The van der Waals surface area contributed by atoms with Crippen molar-refractivity contribution in [2.75, 3.05) is 0 Å². The second kappa shape index (κ2) is 7.36. The number of aliphatic hydroxyl groups is 1. The summed E-state index contributed by atoms with van der Waals surface area (Å²) in [6, 6.07) is 0. The van der Waals surface area contributed by atoms with Crippen LogP contribution in [0.2, 0.25) is 0 Å². The second-order valence-electron chi connectivity index (χ2n) is 13.4. The Bertz CT molecular complexity index is 705. The summed E-state index contributed by atoms with van der Waals surface area (Å²) in [5, 5.41) is 10.3. The maximum Gasteiger partial charge on any atom is 0.0543 e. The first-order valence-electron chi connectivity index (χ1n) is 13.6. The molecule has 1 nitrogen and oxygen atoms in total. The number of rotatable bonds is 4. The predicted molar refractivity (Wildman–Crippen MR) is 126 cm³/mol. The van der Waals surface area contributed by atoms with Crippen LogP contribution in [0, 0.1) is 58.2 Å². The molecule has 0 radical (unpaired) electrons. The summed E-state index contributed by atoms with van der Waals surface area (Å²) < 4.78 is 0. The van der Waals surface area contributed by atoms with E-state index in [4.69, 9.17) is 0 Å². The van der Waals surface area contributed by atoms with Crippen molar-refractivity contribution in [1.29, 1.82) is 0 Å². The van der Waals surface area contributed by atoms with E-state index in [2.05, 4.69) is 41.5 Å². The highest BCUT2D eigenvalue weighted by atomic mass is 16.3. The molecule has 30 heavy (non-hydrogen) atoms. The van der Waals surface area contributed by atoms with E-state index in [1.54, 1.807) is 5.57 Å². The fourth-order valence-corrected chi connectivity index (χ4v) is 10.3. The highest BCUT2D eigenvalue weighted by molar-refractivity contribution is 5.41. The van der Waals surface area contributed by atoms with Crippen LogP contribution < -0.4 is 0 Å². The lowest BCUT2D eigenvalue weighted by atomic mass is 9.44. The van der Waals surface area contributed by atoms with Crippen LogP contribution in [0.4, 0.5) is 0 Å². The summed E-state index contributed by atoms with van der Waals surface area (Å²) in [5.74, 6) is 7.05. The van der Waals surface area contributed by atoms with Gasteiger partial charge in [-0.25, -0.2) is 0 Å². The summed E-state index contributed by atoms with van der Waals surface area (Å²) in [7, 11) is 0. The fraction of sp³-hybridized carbons (Fsp3) is 0.931. The van der Waals surface area contributed by atoms with Crippen LogP contribution in [-0.2, 0) is 0 Å². The van der Waals surface area contributed by atoms with Crippen LogP contribution in [-0.4, -0.2) is 11.2 Å². The molecule has 4 unspecified atom stereocenters. The molecule has 0 bridgehead atoms. The van der Waals surface area contributed by atoms with Crippen molar-refractivity contribution in [3.8, 4) is 0 Å². The molecule has 170 valence electrons. The Morgan fingerprint density at radius 2 is 1.60 bits per heavy atom. The first-order chi connectivity index (χ1) is 14.2. The van der Waals surface area contributed by atoms with E-state index in [1.807, 2.05) is 5.57 Å². The third-order valence-corrected chi connectivity index (χ3v) is 11.8. The SMILES string of the molecule is CC(C)C1=C(C[C@@H](C)C2CCC3C4CC[C@H]5C[C@@H](O)CC[C@]5(C)C4CC[C@@]32C)[C@H]1C. The molecule has 0 amide bonds. The van der Waals surface area contributed by atoms with Crippen molar-refractivity contribution in [3.05, 3.63) is 11.1 Å². The van der Waals surface area contributed by atoms with E-state index in [0.717, 1.165) is 60.2 Å². The summed E-state index contributed by atoms with van der Waals surface area (Å²) in [4.78, 5) is 0. The Balaban J connectivity index is 1.32. The topological polar surface area (TPSA) is 20.2 Å². The molecule has 0 saturated heterocycles. The lowest BCUT2D eigenvalue weighted by molar-refractivity contribution is -0.129. The van der Waals surface area contributed by atoms with E-state index in [9.17, 15) is 5.11 Å². The summed E-state index contributed by atoms with van der Waals surface area (Å²) in [6.07, 6.45) is 13.6. The fourth-order valence-electron chi connectivity index (χ4n) is 10.3. The summed E-state index contributed by atoms with van der Waals surface area (Å²) >= 11 is 0. The molecule has 0 aromatic rings. The molecule has 1 heteroatoms. The molecule has 0 aliphatic heterocycles. The summed E-state index contributed by atoms with van der Waals surface area (Å²) in [5.41, 5.74) is 4.73. The first kappa shape index (κ1) is 21.5. The van der Waals surface area contributed by atoms with E-state index in [-0.39, 0.29) is 6.10 Å². The maximum atomic E-state index is 10.3. The average Bonchev–Trinajstić information content (AvgIpc) is 3.17. The third kappa shape index (κ3) is 3.11. The van der Waals surface area contributed by atoms with E-state index < -0.39 is 0 Å². The van der Waals surface area contributed by atoms with Crippen molar-refractivity contribution in [2.24, 2.45) is 58.2 Å². The standard InChI is InChI=1S/C29H48O/c1-17(2)27-19(4)23(27)15-18(3)24-9-10-25-22-8-7-20-16-21(30)11-13-28(20,5)26(22)12-14-29(24,25)6/h17-22,24-26,30H,7-16H2,1-6H3/t18-,19-,20+,21+,22?,24?,25?,26?,28+,29-/m1/s1. The van der Waals surface area contributed by atoms with Crippen LogP contribution in [0.15, 0.2) is 11.1 Å². The third-order valence-electron chi connectivity index (χ3n) is 11.8. The molecular weight excluding hydrogens is 364 g/mol. The van der Waals surface area contributed by atoms with Gasteiger partial charge >= 0.3 is 0 Å². The Hall–Kier alpha value is -0.300. The smallest absolute Gasteiger partial charge is 0.0543 e. The molecule has 5 aliphatic rings. The maximum absolute atomic E-state index is 10.3. The Labute approximate surface area is 186 Å². The van der Waals surface area contributed by atoms with Crippen LogP contribution in [0.3, 0.4) is 0 Å². The van der Waals surface area contributed by atoms with Gasteiger partial charge in [-0.15, -0.1) is 0 Å². The van der Waals surface area contributed by atoms with Gasteiger partial charge in [0.25, 0.3) is 0 Å². The predicted octanol–water partition coefficient (Wildman–Crippen LogP) is 7.63. The molecule has 0 heterocycles. The number of aliphatic hydroxyl groups excluding tert-OH is 1. The van der Waals surface area contributed by atoms with E-state index in [0.29, 0.717) is 10.8 Å². The zero-order valence-corrected chi connectivity index (χ0v) is 20.7. The molecular formula is C29H48O. The monoisotopic (exact) mass is 412 g/mol. The van der Waals surface area contributed by atoms with Gasteiger partial charge in [-0.1, -0.05) is 52.7 Å². The number of hydrogen-bond acceptors (Lipinski definition) is 1. The second-order valence-corrected chi connectivity index (χ2v) is 13.4.